The van der Waals surface area contributed by atoms with E-state index in [1.165, 1.54) is 10.5 Å². The first-order valence-electron chi connectivity index (χ1n) is 9.40. The maximum atomic E-state index is 12.4. The van der Waals surface area contributed by atoms with Crippen molar-refractivity contribution in [2.75, 3.05) is 6.61 Å². The molecule has 3 amide bonds. The fourth-order valence-electron chi connectivity index (χ4n) is 4.41. The molecule has 0 unspecified atom stereocenters. The fourth-order valence-corrected chi connectivity index (χ4v) is 4.41. The molecule has 6 nitrogen and oxygen atoms in total. The van der Waals surface area contributed by atoms with Crippen LogP contribution >= 0.6 is 0 Å². The number of nitrogens with one attached hydrogen (secondary N) is 1. The van der Waals surface area contributed by atoms with Crippen LogP contribution in [0.3, 0.4) is 0 Å². The molecule has 26 heavy (non-hydrogen) atoms. The molecule has 1 N–H and O–H groups in total. The van der Waals surface area contributed by atoms with Gasteiger partial charge in [-0.15, -0.1) is 0 Å². The largest absolute Gasteiger partial charge is 0.492 e. The van der Waals surface area contributed by atoms with E-state index in [1.54, 1.807) is 13.8 Å². The van der Waals surface area contributed by atoms with Crippen LogP contribution in [0.5, 0.6) is 11.5 Å². The predicted molar refractivity (Wildman–Crippen MR) is 94.5 cm³/mol. The van der Waals surface area contributed by atoms with Crippen molar-refractivity contribution < 1.29 is 19.1 Å². The second-order valence-corrected chi connectivity index (χ2v) is 8.75. The zero-order chi connectivity index (χ0) is 18.3. The minimum atomic E-state index is -0.809. The molecule has 2 aliphatic heterocycles. The Labute approximate surface area is 152 Å². The Morgan fingerprint density at radius 2 is 1.96 bits per heavy atom. The first kappa shape index (κ1) is 16.0. The molecule has 2 saturated carbocycles. The maximum absolute atomic E-state index is 12.4. The summed E-state index contributed by atoms with van der Waals surface area (Å²) in [5, 5.41) is 2.75. The number of imide groups is 1. The molecule has 2 heterocycles. The average Bonchev–Trinajstić information content (AvgIpc) is 3.15. The molecule has 1 aromatic carbocycles. The van der Waals surface area contributed by atoms with E-state index < -0.39 is 5.54 Å². The Kier molecular flexibility index (Phi) is 3.03. The molecular formula is C20H24N2O4. The summed E-state index contributed by atoms with van der Waals surface area (Å²) < 4.78 is 12.2. The number of ether oxygens (including phenoxy) is 2. The second kappa shape index (κ2) is 4.93. The number of hydrogen-bond acceptors (Lipinski definition) is 4. The van der Waals surface area contributed by atoms with E-state index >= 15 is 0 Å². The van der Waals surface area contributed by atoms with Gasteiger partial charge in [0, 0.05) is 29.9 Å². The van der Waals surface area contributed by atoms with Crippen molar-refractivity contribution in [2.45, 2.75) is 69.6 Å². The van der Waals surface area contributed by atoms with Gasteiger partial charge in [-0.1, -0.05) is 6.07 Å². The Morgan fingerprint density at radius 1 is 1.23 bits per heavy atom. The molecule has 0 bridgehead atoms. The smallest absolute Gasteiger partial charge is 0.325 e. The number of fused-ring (bicyclic) bond motifs is 2. The molecule has 3 fully saturated rings. The quantitative estimate of drug-likeness (QED) is 0.846. The number of hydrogen-bond donors (Lipinski definition) is 1. The number of carbonyl (C=O) groups is 2. The predicted octanol–water partition coefficient (Wildman–Crippen LogP) is 2.66. The highest BCUT2D eigenvalue weighted by Crippen LogP contribution is 2.59. The van der Waals surface area contributed by atoms with Crippen LogP contribution in [-0.2, 0) is 10.2 Å². The first-order valence-corrected chi connectivity index (χ1v) is 9.40. The van der Waals surface area contributed by atoms with Crippen LogP contribution in [-0.4, -0.2) is 41.1 Å². The van der Waals surface area contributed by atoms with Gasteiger partial charge in [0.25, 0.3) is 5.91 Å². The van der Waals surface area contributed by atoms with Crippen molar-refractivity contribution >= 4 is 11.9 Å². The molecule has 4 aliphatic rings. The standard InChI is InChI=1S/C20H24N2O4/c1-11-4-5-14(15-16(11)25-10-20(15)6-7-20)26-13-8-12(9-13)22-17(23)19(2,3)21-18(22)24/h4-5,12-13H,6-10H2,1-3H3,(H,21,24)/t12-,13-. The minimum absolute atomic E-state index is 0.0347. The second-order valence-electron chi connectivity index (χ2n) is 8.75. The molecular weight excluding hydrogens is 332 g/mol. The molecule has 138 valence electrons. The van der Waals surface area contributed by atoms with E-state index in [0.717, 1.165) is 36.5 Å². The van der Waals surface area contributed by atoms with Gasteiger partial charge < -0.3 is 14.8 Å². The van der Waals surface area contributed by atoms with Crippen LogP contribution in [0.2, 0.25) is 0 Å². The van der Waals surface area contributed by atoms with E-state index in [4.69, 9.17) is 9.47 Å². The van der Waals surface area contributed by atoms with Gasteiger partial charge >= 0.3 is 6.03 Å². The van der Waals surface area contributed by atoms with E-state index in [-0.39, 0.29) is 29.5 Å². The van der Waals surface area contributed by atoms with E-state index in [9.17, 15) is 9.59 Å². The van der Waals surface area contributed by atoms with Gasteiger partial charge in [-0.25, -0.2) is 4.79 Å². The minimum Gasteiger partial charge on any atom is -0.492 e. The SMILES string of the molecule is Cc1ccc(O[C@H]2C[C@H](N3C(=O)NC(C)(C)C3=O)C2)c2c1OCC21CC1. The number of nitrogens with zero attached hydrogens (tertiary/aromatic N) is 1. The van der Waals surface area contributed by atoms with Gasteiger partial charge in [0.05, 0.1) is 6.61 Å². The van der Waals surface area contributed by atoms with Gasteiger partial charge in [0.2, 0.25) is 0 Å². The van der Waals surface area contributed by atoms with Crippen LogP contribution in [0.4, 0.5) is 4.79 Å². The topological polar surface area (TPSA) is 67.9 Å². The monoisotopic (exact) mass is 356 g/mol. The highest BCUT2D eigenvalue weighted by molar-refractivity contribution is 6.06. The Bertz CT molecular complexity index is 821. The summed E-state index contributed by atoms with van der Waals surface area (Å²) in [6.07, 6.45) is 3.72. The van der Waals surface area contributed by atoms with Crippen LogP contribution in [0, 0.1) is 6.92 Å². The normalized spacial score (nSPS) is 29.9. The molecule has 1 saturated heterocycles. The van der Waals surface area contributed by atoms with Crippen LogP contribution in [0.25, 0.3) is 0 Å². The van der Waals surface area contributed by atoms with E-state index in [0.29, 0.717) is 12.8 Å². The zero-order valence-corrected chi connectivity index (χ0v) is 15.4. The van der Waals surface area contributed by atoms with Crippen LogP contribution in [0.1, 0.15) is 50.7 Å². The summed E-state index contributed by atoms with van der Waals surface area (Å²) in [5.74, 6) is 1.76. The summed E-state index contributed by atoms with van der Waals surface area (Å²) in [6.45, 7) is 6.31. The Hall–Kier alpha value is -2.24. The number of rotatable bonds is 3. The average molecular weight is 356 g/mol. The van der Waals surface area contributed by atoms with Crippen molar-refractivity contribution in [3.05, 3.63) is 23.3 Å². The summed E-state index contributed by atoms with van der Waals surface area (Å²) in [4.78, 5) is 25.9. The number of carbonyl (C=O) groups excluding carboxylic acids is 2. The molecule has 2 aliphatic carbocycles. The first-order chi connectivity index (χ1) is 12.3. The lowest BCUT2D eigenvalue weighted by atomic mass is 9.87. The third-order valence-corrected chi connectivity index (χ3v) is 6.31. The zero-order valence-electron chi connectivity index (χ0n) is 15.4. The van der Waals surface area contributed by atoms with Gasteiger partial charge in [-0.2, -0.15) is 0 Å². The van der Waals surface area contributed by atoms with Gasteiger partial charge in [-0.3, -0.25) is 9.69 Å². The molecule has 0 radical (unpaired) electrons. The van der Waals surface area contributed by atoms with Crippen molar-refractivity contribution in [1.29, 1.82) is 0 Å². The van der Waals surface area contributed by atoms with Crippen LogP contribution < -0.4 is 14.8 Å². The fraction of sp³-hybridized carbons (Fsp3) is 0.600. The lowest BCUT2D eigenvalue weighted by Gasteiger charge is -2.39. The van der Waals surface area contributed by atoms with Gasteiger partial charge in [0.1, 0.15) is 23.1 Å². The molecule has 1 spiro atoms. The molecule has 0 atom stereocenters. The lowest BCUT2D eigenvalue weighted by Crippen LogP contribution is -2.52. The number of urea groups is 1. The molecule has 0 aromatic heterocycles. The highest BCUT2D eigenvalue weighted by Gasteiger charge is 2.54. The van der Waals surface area contributed by atoms with Crippen molar-refractivity contribution in [2.24, 2.45) is 0 Å². The maximum Gasteiger partial charge on any atom is 0.325 e. The highest BCUT2D eigenvalue weighted by atomic mass is 16.5. The third kappa shape index (κ3) is 2.10. The Morgan fingerprint density at radius 3 is 2.58 bits per heavy atom. The number of aryl methyl sites for hydroxylation is 1. The van der Waals surface area contributed by atoms with Crippen molar-refractivity contribution in [3.8, 4) is 11.5 Å². The summed E-state index contributed by atoms with van der Waals surface area (Å²) in [7, 11) is 0. The summed E-state index contributed by atoms with van der Waals surface area (Å²) in [5.41, 5.74) is 1.74. The summed E-state index contributed by atoms with van der Waals surface area (Å²) in [6, 6.07) is 3.74. The molecule has 1 aromatic rings. The van der Waals surface area contributed by atoms with Crippen molar-refractivity contribution in [3.63, 3.8) is 0 Å². The van der Waals surface area contributed by atoms with E-state index in [1.807, 2.05) is 12.1 Å². The van der Waals surface area contributed by atoms with Crippen molar-refractivity contribution in [1.82, 2.24) is 10.2 Å². The number of benzene rings is 1. The van der Waals surface area contributed by atoms with Crippen LogP contribution in [0.15, 0.2) is 12.1 Å². The van der Waals surface area contributed by atoms with Gasteiger partial charge in [-0.05, 0) is 45.2 Å². The van der Waals surface area contributed by atoms with Gasteiger partial charge in [0.15, 0.2) is 0 Å². The summed E-state index contributed by atoms with van der Waals surface area (Å²) >= 11 is 0. The molecule has 5 rings (SSSR count). The van der Waals surface area contributed by atoms with E-state index in [2.05, 4.69) is 12.2 Å². The number of amides is 3. The third-order valence-electron chi connectivity index (χ3n) is 6.31. The Balaban J connectivity index is 1.30. The lowest BCUT2D eigenvalue weighted by molar-refractivity contribution is -0.134. The molecule has 6 heteroatoms.